The first-order chi connectivity index (χ1) is 6.20. The fourth-order valence-electron chi connectivity index (χ4n) is 3.38. The second-order valence-corrected chi connectivity index (χ2v) is 4.35. The molecule has 2 N–H and O–H groups in total. The van der Waals surface area contributed by atoms with Gasteiger partial charge in [-0.05, 0) is 6.42 Å². The van der Waals surface area contributed by atoms with Gasteiger partial charge in [-0.3, -0.25) is 4.79 Å². The first kappa shape index (κ1) is 7.76. The van der Waals surface area contributed by atoms with Gasteiger partial charge < -0.3 is 14.9 Å². The quantitative estimate of drug-likeness (QED) is 0.481. The van der Waals surface area contributed by atoms with E-state index in [-0.39, 0.29) is 29.6 Å². The van der Waals surface area contributed by atoms with Crippen molar-refractivity contribution in [3.63, 3.8) is 0 Å². The van der Waals surface area contributed by atoms with Gasteiger partial charge in [0.2, 0.25) is 0 Å². The van der Waals surface area contributed by atoms with Crippen LogP contribution >= 0.6 is 0 Å². The van der Waals surface area contributed by atoms with Gasteiger partial charge in [-0.25, -0.2) is 0 Å². The number of carbonyl (C=O) groups excluding carboxylic acids is 1. The number of aliphatic hydroxyl groups excluding tert-OH is 2. The molecular weight excluding hydrogens is 172 g/mol. The summed E-state index contributed by atoms with van der Waals surface area (Å²) in [6.45, 7) is 0.388. The maximum Gasteiger partial charge on any atom is 0.309 e. The third-order valence-corrected chi connectivity index (χ3v) is 3.90. The van der Waals surface area contributed by atoms with Gasteiger partial charge in [-0.1, -0.05) is 0 Å². The number of ether oxygens (including phenoxy) is 1. The molecule has 0 amide bonds. The minimum Gasteiger partial charge on any atom is -0.465 e. The topological polar surface area (TPSA) is 66.8 Å². The number of aliphatic hydroxyl groups is 2. The molecule has 0 aromatic rings. The van der Waals surface area contributed by atoms with E-state index >= 15 is 0 Å². The largest absolute Gasteiger partial charge is 0.465 e. The molecule has 1 saturated heterocycles. The highest BCUT2D eigenvalue weighted by atomic mass is 16.5. The first-order valence-electron chi connectivity index (χ1n) is 4.73. The summed E-state index contributed by atoms with van der Waals surface area (Å²) in [7, 11) is 0. The van der Waals surface area contributed by atoms with Crippen molar-refractivity contribution in [1.82, 2.24) is 0 Å². The summed E-state index contributed by atoms with van der Waals surface area (Å²) >= 11 is 0. The molecule has 3 rings (SSSR count). The maximum absolute atomic E-state index is 11.3. The van der Waals surface area contributed by atoms with Gasteiger partial charge in [0.15, 0.2) is 0 Å². The third-order valence-electron chi connectivity index (χ3n) is 3.90. The molecule has 72 valence electrons. The summed E-state index contributed by atoms with van der Waals surface area (Å²) in [6, 6.07) is 0. The van der Waals surface area contributed by atoms with E-state index in [1.165, 1.54) is 0 Å². The lowest BCUT2D eigenvalue weighted by molar-refractivity contribution is -0.143. The molecule has 0 radical (unpaired) electrons. The number of esters is 1. The van der Waals surface area contributed by atoms with Crippen molar-refractivity contribution in [2.24, 2.45) is 23.7 Å². The molecule has 1 aliphatic heterocycles. The van der Waals surface area contributed by atoms with Crippen LogP contribution in [-0.2, 0) is 9.53 Å². The van der Waals surface area contributed by atoms with Crippen molar-refractivity contribution >= 4 is 5.97 Å². The van der Waals surface area contributed by atoms with Crippen LogP contribution in [0.1, 0.15) is 6.42 Å². The van der Waals surface area contributed by atoms with Crippen LogP contribution in [0, 0.1) is 23.7 Å². The third kappa shape index (κ3) is 0.758. The molecule has 3 aliphatic rings. The van der Waals surface area contributed by atoms with Crippen molar-refractivity contribution in [2.75, 3.05) is 6.61 Å². The normalized spacial score (nSPS) is 58.2. The second kappa shape index (κ2) is 2.25. The SMILES string of the molecule is O=C1OC[C@H]2[C@@H]1[C@@H]1C[C@H](O)[C@@H]2[C@@H]1O. The van der Waals surface area contributed by atoms with E-state index in [1.54, 1.807) is 0 Å². The highest BCUT2D eigenvalue weighted by molar-refractivity contribution is 5.76. The van der Waals surface area contributed by atoms with Gasteiger partial charge in [-0.15, -0.1) is 0 Å². The van der Waals surface area contributed by atoms with Gasteiger partial charge in [0.1, 0.15) is 0 Å². The zero-order valence-corrected chi connectivity index (χ0v) is 7.09. The Balaban J connectivity index is 1.98. The Bertz CT molecular complexity index is 262. The number of fused-ring (bicyclic) bond motifs is 5. The zero-order chi connectivity index (χ0) is 9.16. The molecule has 2 saturated carbocycles. The predicted octanol–water partition coefficient (Wildman–Crippen LogP) is -0.853. The molecule has 2 bridgehead atoms. The van der Waals surface area contributed by atoms with E-state index < -0.39 is 12.2 Å². The minimum atomic E-state index is -0.488. The maximum atomic E-state index is 11.3. The Hall–Kier alpha value is -0.610. The number of rotatable bonds is 0. The van der Waals surface area contributed by atoms with Gasteiger partial charge in [0, 0.05) is 17.8 Å². The summed E-state index contributed by atoms with van der Waals surface area (Å²) in [5, 5.41) is 19.4. The molecule has 6 atom stereocenters. The average Bonchev–Trinajstić information content (AvgIpc) is 2.64. The summed E-state index contributed by atoms with van der Waals surface area (Å²) in [5.74, 6) is -0.426. The molecule has 2 aliphatic carbocycles. The lowest BCUT2D eigenvalue weighted by atomic mass is 9.80. The molecular formula is C9H12O4. The lowest BCUT2D eigenvalue weighted by Gasteiger charge is -2.23. The highest BCUT2D eigenvalue weighted by Gasteiger charge is 2.63. The average molecular weight is 184 g/mol. The number of hydrogen-bond donors (Lipinski definition) is 2. The van der Waals surface area contributed by atoms with E-state index in [0.717, 1.165) is 0 Å². The smallest absolute Gasteiger partial charge is 0.309 e. The van der Waals surface area contributed by atoms with E-state index in [2.05, 4.69) is 0 Å². The Morgan fingerprint density at radius 3 is 2.85 bits per heavy atom. The van der Waals surface area contributed by atoms with Crippen LogP contribution in [0.4, 0.5) is 0 Å². The molecule has 0 aromatic heterocycles. The fraction of sp³-hybridized carbons (Fsp3) is 0.889. The monoisotopic (exact) mass is 184 g/mol. The number of carbonyl (C=O) groups is 1. The fourth-order valence-corrected chi connectivity index (χ4v) is 3.38. The summed E-state index contributed by atoms with van der Waals surface area (Å²) < 4.78 is 4.94. The van der Waals surface area contributed by atoms with E-state index in [0.29, 0.717) is 13.0 Å². The molecule has 0 unspecified atom stereocenters. The van der Waals surface area contributed by atoms with Crippen LogP contribution in [-0.4, -0.2) is 35.0 Å². The van der Waals surface area contributed by atoms with E-state index in [4.69, 9.17) is 4.74 Å². The van der Waals surface area contributed by atoms with Gasteiger partial charge in [0.25, 0.3) is 0 Å². The van der Waals surface area contributed by atoms with E-state index in [9.17, 15) is 15.0 Å². The summed E-state index contributed by atoms with van der Waals surface area (Å²) in [4.78, 5) is 11.3. The van der Waals surface area contributed by atoms with Crippen molar-refractivity contribution in [3.05, 3.63) is 0 Å². The Kier molecular flexibility index (Phi) is 1.34. The van der Waals surface area contributed by atoms with Gasteiger partial charge >= 0.3 is 5.97 Å². The molecule has 3 fully saturated rings. The molecule has 1 heterocycles. The molecule has 4 heteroatoms. The van der Waals surface area contributed by atoms with E-state index in [1.807, 2.05) is 0 Å². The number of hydrogen-bond acceptors (Lipinski definition) is 4. The van der Waals surface area contributed by atoms with Crippen LogP contribution in [0.3, 0.4) is 0 Å². The van der Waals surface area contributed by atoms with Crippen molar-refractivity contribution in [3.8, 4) is 0 Å². The molecule has 0 spiro atoms. The summed E-state index contributed by atoms with van der Waals surface area (Å²) in [6.07, 6.45) is -0.365. The lowest BCUT2D eigenvalue weighted by Crippen LogP contribution is -2.31. The van der Waals surface area contributed by atoms with Crippen molar-refractivity contribution < 1.29 is 19.7 Å². The van der Waals surface area contributed by atoms with Crippen LogP contribution < -0.4 is 0 Å². The highest BCUT2D eigenvalue weighted by Crippen LogP contribution is 2.55. The summed E-state index contributed by atoms with van der Waals surface area (Å²) in [5.41, 5.74) is 0. The van der Waals surface area contributed by atoms with Crippen LogP contribution in [0.25, 0.3) is 0 Å². The molecule has 0 aromatic carbocycles. The predicted molar refractivity (Wildman–Crippen MR) is 41.5 cm³/mol. The Morgan fingerprint density at radius 1 is 1.31 bits per heavy atom. The first-order valence-corrected chi connectivity index (χ1v) is 4.73. The van der Waals surface area contributed by atoms with Crippen LogP contribution in [0.5, 0.6) is 0 Å². The molecule has 13 heavy (non-hydrogen) atoms. The number of cyclic esters (lactones) is 1. The standard InChI is InChI=1S/C9H12O4/c10-5-1-3-6-4(2-13-9(6)12)7(5)8(3)11/h3-8,10-11H,1-2H2/t3-,4-,5-,6-,7+,8+/m0/s1. The minimum absolute atomic E-state index is 0.0556. The molecule has 4 nitrogen and oxygen atoms in total. The second-order valence-electron chi connectivity index (χ2n) is 4.35. The van der Waals surface area contributed by atoms with Crippen LogP contribution in [0.2, 0.25) is 0 Å². The van der Waals surface area contributed by atoms with Crippen molar-refractivity contribution in [1.29, 1.82) is 0 Å². The Morgan fingerprint density at radius 2 is 2.08 bits per heavy atom. The van der Waals surface area contributed by atoms with Gasteiger partial charge in [-0.2, -0.15) is 0 Å². The zero-order valence-electron chi connectivity index (χ0n) is 7.09. The Labute approximate surface area is 75.5 Å². The van der Waals surface area contributed by atoms with Gasteiger partial charge in [0.05, 0.1) is 24.7 Å². The van der Waals surface area contributed by atoms with Crippen LogP contribution in [0.15, 0.2) is 0 Å². The van der Waals surface area contributed by atoms with Crippen molar-refractivity contribution in [2.45, 2.75) is 18.6 Å².